The van der Waals surface area contributed by atoms with Crippen molar-refractivity contribution in [2.24, 2.45) is 34.5 Å². The Hall–Kier alpha value is -2.30. The molecular formula is C34H52O10. The number of fused-ring (bicyclic) bond motifs is 5. The van der Waals surface area contributed by atoms with Crippen LogP contribution in [0.5, 0.6) is 0 Å². The van der Waals surface area contributed by atoms with Gasteiger partial charge >= 0.3 is 17.9 Å². The van der Waals surface area contributed by atoms with Crippen LogP contribution in [-0.4, -0.2) is 74.1 Å². The van der Waals surface area contributed by atoms with E-state index in [1.807, 2.05) is 20.8 Å². The highest BCUT2D eigenvalue weighted by Gasteiger charge is 2.69. The van der Waals surface area contributed by atoms with Crippen molar-refractivity contribution in [2.75, 3.05) is 0 Å². The van der Waals surface area contributed by atoms with Crippen molar-refractivity contribution < 1.29 is 48.7 Å². The number of allylic oxidation sites excluding steroid dienone is 1. The number of esters is 3. The van der Waals surface area contributed by atoms with Crippen LogP contribution in [0, 0.1) is 34.5 Å². The van der Waals surface area contributed by atoms with Gasteiger partial charge < -0.3 is 29.5 Å². The summed E-state index contributed by atoms with van der Waals surface area (Å²) in [5.74, 6) is -3.14. The predicted octanol–water partition coefficient (Wildman–Crippen LogP) is 3.81. The van der Waals surface area contributed by atoms with E-state index < -0.39 is 75.7 Å². The second-order valence-corrected chi connectivity index (χ2v) is 15.4. The molecule has 0 spiro atoms. The molecule has 4 rings (SSSR count). The number of ketones is 1. The molecule has 0 bridgehead atoms. The normalized spacial score (nSPS) is 39.4. The summed E-state index contributed by atoms with van der Waals surface area (Å²) in [5.41, 5.74) is -4.85. The Balaban J connectivity index is 1.71. The first kappa shape index (κ1) is 34.6. The highest BCUT2D eigenvalue weighted by Crippen LogP contribution is 2.69. The molecule has 0 aromatic rings. The lowest BCUT2D eigenvalue weighted by Crippen LogP contribution is -2.63. The maximum Gasteiger partial charge on any atom is 0.303 e. The van der Waals surface area contributed by atoms with Gasteiger partial charge in [0.2, 0.25) is 0 Å². The molecule has 0 unspecified atom stereocenters. The average Bonchev–Trinajstić information content (AvgIpc) is 3.15. The lowest BCUT2D eigenvalue weighted by atomic mass is 9.45. The fourth-order valence-electron chi connectivity index (χ4n) is 9.38. The maximum absolute atomic E-state index is 13.8. The Labute approximate surface area is 260 Å². The molecule has 0 radical (unpaired) electrons. The van der Waals surface area contributed by atoms with Gasteiger partial charge in [-0.3, -0.25) is 19.2 Å². The van der Waals surface area contributed by atoms with Crippen molar-refractivity contribution >= 4 is 23.7 Å². The smallest absolute Gasteiger partial charge is 0.303 e. The van der Waals surface area contributed by atoms with Crippen LogP contribution >= 0.6 is 0 Å². The highest BCUT2D eigenvalue weighted by molar-refractivity contribution is 5.95. The van der Waals surface area contributed by atoms with Crippen LogP contribution in [0.2, 0.25) is 0 Å². The topological polar surface area (TPSA) is 157 Å². The van der Waals surface area contributed by atoms with Crippen molar-refractivity contribution in [2.45, 2.75) is 142 Å². The van der Waals surface area contributed by atoms with Gasteiger partial charge in [0.05, 0.1) is 11.2 Å². The molecule has 248 valence electrons. The largest absolute Gasteiger partial charge is 0.459 e. The van der Waals surface area contributed by atoms with Crippen molar-refractivity contribution in [3.63, 3.8) is 0 Å². The van der Waals surface area contributed by atoms with E-state index >= 15 is 0 Å². The molecule has 4 aliphatic carbocycles. The predicted molar refractivity (Wildman–Crippen MR) is 160 cm³/mol. The van der Waals surface area contributed by atoms with Gasteiger partial charge in [-0.1, -0.05) is 20.8 Å². The van der Waals surface area contributed by atoms with E-state index in [-0.39, 0.29) is 30.5 Å². The number of hydrogen-bond acceptors (Lipinski definition) is 10. The molecule has 0 aliphatic heterocycles. The standard InChI is InChI=1S/C34H52O10/c1-18(30(5,6)39)14-29(44-21(4)37)33(9,40)28-11-13-34(41)23-15-25(38)24-16-26(42-19(2)35)27(43-20(3)36)17-31(24,7)22(23)10-12-32(28,34)8/h15,18,22,24,26-29,39-41H,10-14,16-17H2,1-9H3/t18-,22+,24+,26-,27+,28+,29-,31-,32-,33-,34-/m1/s1. The Morgan fingerprint density at radius 3 is 2.09 bits per heavy atom. The van der Waals surface area contributed by atoms with Gasteiger partial charge in [0.1, 0.15) is 23.9 Å². The van der Waals surface area contributed by atoms with E-state index in [2.05, 4.69) is 0 Å². The van der Waals surface area contributed by atoms with Crippen molar-refractivity contribution in [3.05, 3.63) is 11.6 Å². The van der Waals surface area contributed by atoms with E-state index in [0.717, 1.165) is 0 Å². The van der Waals surface area contributed by atoms with Gasteiger partial charge in [0.25, 0.3) is 0 Å². The van der Waals surface area contributed by atoms with Gasteiger partial charge in [-0.25, -0.2) is 0 Å². The summed E-state index contributed by atoms with van der Waals surface area (Å²) in [5, 5.41) is 35.5. The maximum atomic E-state index is 13.8. The molecule has 10 heteroatoms. The van der Waals surface area contributed by atoms with Gasteiger partial charge in [0.15, 0.2) is 5.78 Å². The fourth-order valence-corrected chi connectivity index (χ4v) is 9.38. The summed E-state index contributed by atoms with van der Waals surface area (Å²) in [6, 6.07) is 0. The Kier molecular flexibility index (Phi) is 9.03. The molecule has 0 aromatic heterocycles. The lowest BCUT2D eigenvalue weighted by molar-refractivity contribution is -0.198. The van der Waals surface area contributed by atoms with Crippen LogP contribution in [0.4, 0.5) is 0 Å². The molecule has 4 aliphatic rings. The second kappa shape index (κ2) is 11.5. The first-order valence-corrected chi connectivity index (χ1v) is 16.0. The van der Waals surface area contributed by atoms with Crippen molar-refractivity contribution in [3.8, 4) is 0 Å². The third-order valence-corrected chi connectivity index (χ3v) is 12.1. The summed E-state index contributed by atoms with van der Waals surface area (Å²) >= 11 is 0. The highest BCUT2D eigenvalue weighted by atomic mass is 16.6. The van der Waals surface area contributed by atoms with E-state index in [1.54, 1.807) is 26.8 Å². The van der Waals surface area contributed by atoms with Crippen molar-refractivity contribution in [1.29, 1.82) is 0 Å². The summed E-state index contributed by atoms with van der Waals surface area (Å²) in [7, 11) is 0. The minimum Gasteiger partial charge on any atom is -0.459 e. The number of rotatable bonds is 8. The molecule has 10 nitrogen and oxygen atoms in total. The van der Waals surface area contributed by atoms with E-state index in [9.17, 15) is 34.5 Å². The van der Waals surface area contributed by atoms with Crippen LogP contribution in [0.3, 0.4) is 0 Å². The molecule has 0 aromatic carbocycles. The molecule has 0 amide bonds. The third kappa shape index (κ3) is 5.75. The third-order valence-electron chi connectivity index (χ3n) is 12.1. The van der Waals surface area contributed by atoms with E-state index in [4.69, 9.17) is 14.2 Å². The molecule has 3 N–H and O–H groups in total. The number of carbonyl (C=O) groups excluding carboxylic acids is 4. The summed E-state index contributed by atoms with van der Waals surface area (Å²) < 4.78 is 16.9. The summed E-state index contributed by atoms with van der Waals surface area (Å²) in [4.78, 5) is 49.9. The molecule has 11 atom stereocenters. The molecule has 0 saturated heterocycles. The quantitative estimate of drug-likeness (QED) is 0.269. The number of hydrogen-bond donors (Lipinski definition) is 3. The van der Waals surface area contributed by atoms with Crippen LogP contribution in [0.15, 0.2) is 11.6 Å². The van der Waals surface area contributed by atoms with E-state index in [1.165, 1.54) is 20.8 Å². The molecule has 3 saturated carbocycles. The Morgan fingerprint density at radius 1 is 0.955 bits per heavy atom. The summed E-state index contributed by atoms with van der Waals surface area (Å²) in [6.07, 6.45) is 1.90. The second-order valence-electron chi connectivity index (χ2n) is 15.4. The fraction of sp³-hybridized carbons (Fsp3) is 0.824. The van der Waals surface area contributed by atoms with Crippen LogP contribution in [0.25, 0.3) is 0 Å². The average molecular weight is 621 g/mol. The molecule has 0 heterocycles. The number of aliphatic hydroxyl groups is 3. The number of ether oxygens (including phenoxy) is 3. The van der Waals surface area contributed by atoms with Gasteiger partial charge in [0, 0.05) is 32.1 Å². The Bertz CT molecular complexity index is 1210. The lowest BCUT2D eigenvalue weighted by Gasteiger charge is -2.61. The summed E-state index contributed by atoms with van der Waals surface area (Å²) in [6.45, 7) is 14.7. The van der Waals surface area contributed by atoms with Gasteiger partial charge in [-0.15, -0.1) is 0 Å². The monoisotopic (exact) mass is 620 g/mol. The molecule has 3 fully saturated rings. The van der Waals surface area contributed by atoms with Crippen LogP contribution in [-0.2, 0) is 33.4 Å². The van der Waals surface area contributed by atoms with Gasteiger partial charge in [-0.2, -0.15) is 0 Å². The SMILES string of the molecule is CC(=O)O[C@H]1C[C@@]2(C)[C@@H](C[C@H]1OC(C)=O)C(=O)C=C1[C@@H]2CC[C@]2(C)[C@@H]([C@@](C)(O)[C@@H](C[C@@H](C)C(C)(C)O)OC(C)=O)CC[C@@]12O. The minimum absolute atomic E-state index is 0.151. The van der Waals surface area contributed by atoms with Gasteiger partial charge in [-0.05, 0) is 101 Å². The molecular weight excluding hydrogens is 568 g/mol. The zero-order chi connectivity index (χ0) is 33.2. The zero-order valence-electron chi connectivity index (χ0n) is 27.8. The molecule has 44 heavy (non-hydrogen) atoms. The zero-order valence-corrected chi connectivity index (χ0v) is 27.8. The number of carbonyl (C=O) groups is 4. The van der Waals surface area contributed by atoms with E-state index in [0.29, 0.717) is 37.7 Å². The van der Waals surface area contributed by atoms with Crippen LogP contribution in [0.1, 0.15) is 107 Å². The first-order chi connectivity index (χ1) is 20.1. The van der Waals surface area contributed by atoms with Crippen LogP contribution < -0.4 is 0 Å². The van der Waals surface area contributed by atoms with Crippen molar-refractivity contribution in [1.82, 2.24) is 0 Å². The Morgan fingerprint density at radius 2 is 1.55 bits per heavy atom. The first-order valence-electron chi connectivity index (χ1n) is 16.0. The minimum atomic E-state index is -1.54.